The standard InChI is InChI=1S/C19H24N2OS/c1-13(2)15-8-10-17(11-9-15)21-19(23)20-14(3)16-6-5-7-18(12-16)22-4/h5-14H,1-4H3,(H2,20,21,23). The fourth-order valence-electron chi connectivity index (χ4n) is 2.31. The number of hydrogen-bond acceptors (Lipinski definition) is 2. The average Bonchev–Trinajstić information content (AvgIpc) is 2.55. The number of nitrogens with one attached hydrogen (secondary N) is 2. The van der Waals surface area contributed by atoms with Gasteiger partial charge in [-0.3, -0.25) is 0 Å². The fourth-order valence-corrected chi connectivity index (χ4v) is 2.60. The van der Waals surface area contributed by atoms with Crippen molar-refractivity contribution in [1.29, 1.82) is 0 Å². The highest BCUT2D eigenvalue weighted by Gasteiger charge is 2.08. The van der Waals surface area contributed by atoms with Crippen molar-refractivity contribution >= 4 is 23.0 Å². The fraction of sp³-hybridized carbons (Fsp3) is 0.316. The summed E-state index contributed by atoms with van der Waals surface area (Å²) in [5.41, 5.74) is 3.44. The SMILES string of the molecule is COc1cccc(C(C)NC(=S)Nc2ccc(C(C)C)cc2)c1. The molecule has 122 valence electrons. The maximum Gasteiger partial charge on any atom is 0.171 e. The van der Waals surface area contributed by atoms with E-state index >= 15 is 0 Å². The Hall–Kier alpha value is -2.07. The van der Waals surface area contributed by atoms with Gasteiger partial charge >= 0.3 is 0 Å². The lowest BCUT2D eigenvalue weighted by atomic mass is 10.0. The molecule has 0 aliphatic carbocycles. The van der Waals surface area contributed by atoms with Gasteiger partial charge in [0.15, 0.2) is 5.11 Å². The zero-order valence-electron chi connectivity index (χ0n) is 14.1. The Morgan fingerprint density at radius 3 is 2.30 bits per heavy atom. The van der Waals surface area contributed by atoms with E-state index in [1.165, 1.54) is 5.56 Å². The van der Waals surface area contributed by atoms with Crippen LogP contribution in [0.25, 0.3) is 0 Å². The Morgan fingerprint density at radius 1 is 1.00 bits per heavy atom. The van der Waals surface area contributed by atoms with Crippen LogP contribution >= 0.6 is 12.2 Å². The van der Waals surface area contributed by atoms with E-state index in [-0.39, 0.29) is 6.04 Å². The highest BCUT2D eigenvalue weighted by molar-refractivity contribution is 7.80. The summed E-state index contributed by atoms with van der Waals surface area (Å²) in [5, 5.41) is 7.13. The van der Waals surface area contributed by atoms with Gasteiger partial charge in [0.2, 0.25) is 0 Å². The molecule has 0 aromatic heterocycles. The van der Waals surface area contributed by atoms with Gasteiger partial charge in [0.05, 0.1) is 13.2 Å². The number of anilines is 1. The van der Waals surface area contributed by atoms with E-state index in [9.17, 15) is 0 Å². The van der Waals surface area contributed by atoms with Gasteiger partial charge in [-0.1, -0.05) is 38.1 Å². The molecule has 0 aliphatic heterocycles. The molecule has 2 aromatic rings. The van der Waals surface area contributed by atoms with Crippen LogP contribution in [0.2, 0.25) is 0 Å². The van der Waals surface area contributed by atoms with Crippen LogP contribution in [0.1, 0.15) is 43.9 Å². The van der Waals surface area contributed by atoms with Crippen molar-refractivity contribution in [3.63, 3.8) is 0 Å². The smallest absolute Gasteiger partial charge is 0.171 e. The van der Waals surface area contributed by atoms with Crippen molar-refractivity contribution in [1.82, 2.24) is 5.32 Å². The number of rotatable bonds is 5. The van der Waals surface area contributed by atoms with Gasteiger partial charge in [0.1, 0.15) is 5.75 Å². The summed E-state index contributed by atoms with van der Waals surface area (Å²) in [5.74, 6) is 1.38. The summed E-state index contributed by atoms with van der Waals surface area (Å²) in [6, 6.07) is 16.4. The second kappa shape index (κ2) is 7.97. The molecule has 0 saturated heterocycles. The second-order valence-corrected chi connectivity index (χ2v) is 6.28. The molecule has 0 radical (unpaired) electrons. The molecule has 0 fully saturated rings. The highest BCUT2D eigenvalue weighted by Crippen LogP contribution is 2.20. The monoisotopic (exact) mass is 328 g/mol. The topological polar surface area (TPSA) is 33.3 Å². The number of ether oxygens (including phenoxy) is 1. The molecule has 0 heterocycles. The van der Waals surface area contributed by atoms with Gasteiger partial charge in [0, 0.05) is 5.69 Å². The number of thiocarbonyl (C=S) groups is 1. The molecule has 2 aromatic carbocycles. The molecule has 2 rings (SSSR count). The van der Waals surface area contributed by atoms with Crippen molar-refractivity contribution in [2.24, 2.45) is 0 Å². The van der Waals surface area contributed by atoms with Gasteiger partial charge in [-0.25, -0.2) is 0 Å². The largest absolute Gasteiger partial charge is 0.497 e. The first-order chi connectivity index (χ1) is 11.0. The quantitative estimate of drug-likeness (QED) is 0.768. The van der Waals surface area contributed by atoms with Crippen LogP contribution in [-0.4, -0.2) is 12.2 Å². The number of hydrogen-bond donors (Lipinski definition) is 2. The minimum Gasteiger partial charge on any atom is -0.497 e. The molecule has 0 saturated carbocycles. The first-order valence-electron chi connectivity index (χ1n) is 7.81. The molecule has 2 N–H and O–H groups in total. The Labute approximate surface area is 144 Å². The van der Waals surface area contributed by atoms with Crippen molar-refractivity contribution in [3.05, 3.63) is 59.7 Å². The van der Waals surface area contributed by atoms with Gasteiger partial charge in [-0.2, -0.15) is 0 Å². The molecule has 0 bridgehead atoms. The van der Waals surface area contributed by atoms with Gasteiger partial charge in [-0.05, 0) is 60.5 Å². The third kappa shape index (κ3) is 4.96. The minimum absolute atomic E-state index is 0.0973. The molecular formula is C19H24N2OS. The summed E-state index contributed by atoms with van der Waals surface area (Å²) in [6.07, 6.45) is 0. The van der Waals surface area contributed by atoms with Crippen LogP contribution in [0.5, 0.6) is 5.75 Å². The molecule has 23 heavy (non-hydrogen) atoms. The zero-order valence-corrected chi connectivity index (χ0v) is 14.9. The van der Waals surface area contributed by atoms with E-state index in [0.29, 0.717) is 11.0 Å². The molecule has 0 aliphatic rings. The molecule has 1 atom stereocenters. The predicted octanol–water partition coefficient (Wildman–Crippen LogP) is 4.87. The normalized spacial score (nSPS) is 11.9. The Morgan fingerprint density at radius 2 is 1.70 bits per heavy atom. The first-order valence-corrected chi connectivity index (χ1v) is 8.22. The third-order valence-corrected chi connectivity index (χ3v) is 4.00. The number of benzene rings is 2. The summed E-state index contributed by atoms with van der Waals surface area (Å²) in [6.45, 7) is 6.44. The van der Waals surface area contributed by atoms with E-state index in [0.717, 1.165) is 17.0 Å². The predicted molar refractivity (Wildman–Crippen MR) is 101 cm³/mol. The molecule has 1 unspecified atom stereocenters. The van der Waals surface area contributed by atoms with Crippen LogP contribution in [-0.2, 0) is 0 Å². The van der Waals surface area contributed by atoms with E-state index < -0.39 is 0 Å². The third-order valence-electron chi connectivity index (χ3n) is 3.78. The first kappa shape index (κ1) is 17.3. The molecule has 3 nitrogen and oxygen atoms in total. The average molecular weight is 328 g/mol. The highest BCUT2D eigenvalue weighted by atomic mass is 32.1. The lowest BCUT2D eigenvalue weighted by Crippen LogP contribution is -2.30. The van der Waals surface area contributed by atoms with Crippen LogP contribution < -0.4 is 15.4 Å². The van der Waals surface area contributed by atoms with Crippen molar-refractivity contribution in [2.45, 2.75) is 32.7 Å². The number of methoxy groups -OCH3 is 1. The van der Waals surface area contributed by atoms with Crippen LogP contribution in [0, 0.1) is 0 Å². The van der Waals surface area contributed by atoms with Crippen molar-refractivity contribution < 1.29 is 4.74 Å². The Kier molecular flexibility index (Phi) is 5.99. The zero-order chi connectivity index (χ0) is 16.8. The molecular weight excluding hydrogens is 304 g/mol. The summed E-state index contributed by atoms with van der Waals surface area (Å²) in [7, 11) is 1.67. The van der Waals surface area contributed by atoms with E-state index in [4.69, 9.17) is 17.0 Å². The van der Waals surface area contributed by atoms with Crippen molar-refractivity contribution in [3.8, 4) is 5.75 Å². The van der Waals surface area contributed by atoms with Crippen molar-refractivity contribution in [2.75, 3.05) is 12.4 Å². The van der Waals surface area contributed by atoms with E-state index in [1.54, 1.807) is 7.11 Å². The summed E-state index contributed by atoms with van der Waals surface area (Å²) in [4.78, 5) is 0. The second-order valence-electron chi connectivity index (χ2n) is 5.87. The lowest BCUT2D eigenvalue weighted by Gasteiger charge is -2.18. The molecule has 0 spiro atoms. The van der Waals surface area contributed by atoms with Crippen LogP contribution in [0.4, 0.5) is 5.69 Å². The molecule has 0 amide bonds. The lowest BCUT2D eigenvalue weighted by molar-refractivity contribution is 0.413. The summed E-state index contributed by atoms with van der Waals surface area (Å²) < 4.78 is 5.26. The summed E-state index contributed by atoms with van der Waals surface area (Å²) >= 11 is 5.40. The maximum absolute atomic E-state index is 5.40. The van der Waals surface area contributed by atoms with Crippen LogP contribution in [0.3, 0.4) is 0 Å². The van der Waals surface area contributed by atoms with Gasteiger partial charge in [-0.15, -0.1) is 0 Å². The van der Waals surface area contributed by atoms with E-state index in [1.807, 2.05) is 18.2 Å². The molecule has 4 heteroatoms. The van der Waals surface area contributed by atoms with Gasteiger partial charge in [0.25, 0.3) is 0 Å². The Bertz CT molecular complexity index is 653. The van der Waals surface area contributed by atoms with Gasteiger partial charge < -0.3 is 15.4 Å². The van der Waals surface area contributed by atoms with Crippen LogP contribution in [0.15, 0.2) is 48.5 Å². The van der Waals surface area contributed by atoms with E-state index in [2.05, 4.69) is 61.7 Å². The Balaban J connectivity index is 1.95. The minimum atomic E-state index is 0.0973. The maximum atomic E-state index is 5.40.